The van der Waals surface area contributed by atoms with Crippen LogP contribution in [0.5, 0.6) is 11.5 Å². The van der Waals surface area contributed by atoms with E-state index in [0.717, 1.165) is 12.0 Å². The van der Waals surface area contributed by atoms with Crippen LogP contribution in [0.1, 0.15) is 25.8 Å². The molecule has 2 rings (SSSR count). The highest BCUT2D eigenvalue weighted by Crippen LogP contribution is 2.30. The van der Waals surface area contributed by atoms with E-state index >= 15 is 0 Å². The Morgan fingerprint density at radius 2 is 1.50 bits per heavy atom. The van der Waals surface area contributed by atoms with Gasteiger partial charge in [0, 0.05) is 13.1 Å². The quantitative estimate of drug-likeness (QED) is 0.300. The second kappa shape index (κ2) is 15.6. The molecule has 8 nitrogen and oxygen atoms in total. The van der Waals surface area contributed by atoms with Gasteiger partial charge in [0.25, 0.3) is 0 Å². The van der Waals surface area contributed by atoms with Crippen LogP contribution < -0.4 is 15.2 Å². The van der Waals surface area contributed by atoms with Gasteiger partial charge in [-0.05, 0) is 55.3 Å². The molecule has 0 bridgehead atoms. The van der Waals surface area contributed by atoms with Crippen molar-refractivity contribution in [3.8, 4) is 11.5 Å². The second-order valence-corrected chi connectivity index (χ2v) is 9.52. The summed E-state index contributed by atoms with van der Waals surface area (Å²) in [4.78, 5) is -0.0212. The minimum atomic E-state index is -3.79. The number of benzene rings is 2. The van der Waals surface area contributed by atoms with Gasteiger partial charge in [-0.25, -0.2) is 21.9 Å². The predicted octanol–water partition coefficient (Wildman–Crippen LogP) is 3.86. The molecule has 11 heteroatoms. The monoisotopic (exact) mass is 528 g/mol. The molecule has 2 aromatic rings. The van der Waals surface area contributed by atoms with Gasteiger partial charge in [0.1, 0.15) is 5.75 Å². The maximum Gasteiger partial charge on any atom is 0.240 e. The van der Waals surface area contributed by atoms with Crippen molar-refractivity contribution in [2.75, 3.05) is 52.7 Å². The van der Waals surface area contributed by atoms with E-state index in [0.29, 0.717) is 45.1 Å². The molecule has 0 unspecified atom stereocenters. The van der Waals surface area contributed by atoms with Crippen LogP contribution in [0, 0.1) is 11.6 Å². The Kier molecular flexibility index (Phi) is 13.0. The van der Waals surface area contributed by atoms with Crippen molar-refractivity contribution in [2.45, 2.75) is 25.2 Å². The summed E-state index contributed by atoms with van der Waals surface area (Å²) in [6.07, 6.45) is 2.46. The van der Waals surface area contributed by atoms with Gasteiger partial charge in [-0.3, -0.25) is 0 Å². The normalized spacial score (nSPS) is 12.2. The minimum Gasteiger partial charge on any atom is -0.451 e. The van der Waals surface area contributed by atoms with Crippen LogP contribution in [0.25, 0.3) is 6.08 Å². The Labute approximate surface area is 211 Å². The fourth-order valence-corrected chi connectivity index (χ4v) is 3.92. The van der Waals surface area contributed by atoms with Crippen molar-refractivity contribution < 1.29 is 36.1 Å². The van der Waals surface area contributed by atoms with Crippen molar-refractivity contribution in [2.24, 2.45) is 5.73 Å². The topological polar surface area (TPSA) is 109 Å². The molecule has 0 aliphatic carbocycles. The molecule has 0 spiro atoms. The third-order valence-corrected chi connectivity index (χ3v) is 6.37. The Balaban J connectivity index is 1.81. The van der Waals surface area contributed by atoms with E-state index < -0.39 is 27.4 Å². The number of hydrogen-bond acceptors (Lipinski definition) is 7. The van der Waals surface area contributed by atoms with Crippen molar-refractivity contribution in [1.29, 1.82) is 0 Å². The lowest BCUT2D eigenvalue weighted by Crippen LogP contribution is -2.27. The lowest BCUT2D eigenvalue weighted by Gasteiger charge is -2.11. The zero-order valence-electron chi connectivity index (χ0n) is 20.6. The zero-order chi connectivity index (χ0) is 26.4. The number of allylic oxidation sites excluding steroid dienone is 1. The predicted molar refractivity (Wildman–Crippen MR) is 134 cm³/mol. The molecule has 0 aliphatic heterocycles. The van der Waals surface area contributed by atoms with E-state index in [1.165, 1.54) is 36.4 Å². The molecular weight excluding hydrogens is 494 g/mol. The molecule has 0 heterocycles. The molecule has 0 amide bonds. The average molecular weight is 529 g/mol. The van der Waals surface area contributed by atoms with Crippen LogP contribution in [-0.2, 0) is 24.2 Å². The van der Waals surface area contributed by atoms with Gasteiger partial charge in [-0.1, -0.05) is 18.6 Å². The van der Waals surface area contributed by atoms with Crippen molar-refractivity contribution in [3.05, 3.63) is 59.2 Å². The summed E-state index contributed by atoms with van der Waals surface area (Å²) in [5, 5.41) is 0. The first kappa shape index (κ1) is 29.8. The number of nitrogens with one attached hydrogen (secondary N) is 1. The van der Waals surface area contributed by atoms with Crippen LogP contribution in [0.15, 0.2) is 46.9 Å². The molecule has 36 heavy (non-hydrogen) atoms. The number of sulfonamides is 1. The van der Waals surface area contributed by atoms with Gasteiger partial charge in [0.2, 0.25) is 10.0 Å². The number of ether oxygens (including phenoxy) is 4. The molecule has 2 aromatic carbocycles. The molecule has 0 aliphatic rings. The Morgan fingerprint density at radius 1 is 0.944 bits per heavy atom. The Morgan fingerprint density at radius 3 is 2.06 bits per heavy atom. The summed E-state index contributed by atoms with van der Waals surface area (Å²) in [7, 11) is -3.79. The smallest absolute Gasteiger partial charge is 0.240 e. The van der Waals surface area contributed by atoms with Crippen LogP contribution in [0.3, 0.4) is 0 Å². The molecule has 0 saturated heterocycles. The van der Waals surface area contributed by atoms with Gasteiger partial charge in [-0.2, -0.15) is 0 Å². The fourth-order valence-electron chi connectivity index (χ4n) is 2.91. The van der Waals surface area contributed by atoms with Crippen LogP contribution in [0.2, 0.25) is 0 Å². The standard InChI is InChI=1S/C25H34F2N2O6S/c1-3-19(2)16-20-17-23(26)25(24(27)18-20)35-21-4-6-22(7-5-21)36(30,31)29-9-11-33-13-15-34-14-12-32-10-8-28/h4-7,16-18,29H,3,8-15,28H2,1-2H3. The minimum absolute atomic E-state index is 0.0212. The summed E-state index contributed by atoms with van der Waals surface area (Å²) >= 11 is 0. The number of rotatable bonds is 17. The van der Waals surface area contributed by atoms with Gasteiger partial charge in [-0.15, -0.1) is 0 Å². The number of hydrogen-bond donors (Lipinski definition) is 2. The first-order valence-corrected chi connectivity index (χ1v) is 13.1. The van der Waals surface area contributed by atoms with Crippen molar-refractivity contribution in [3.63, 3.8) is 0 Å². The highest BCUT2D eigenvalue weighted by molar-refractivity contribution is 7.89. The molecule has 0 aromatic heterocycles. The summed E-state index contributed by atoms with van der Waals surface area (Å²) < 4.78 is 77.3. The molecule has 0 atom stereocenters. The largest absolute Gasteiger partial charge is 0.451 e. The van der Waals surface area contributed by atoms with E-state index in [1.54, 1.807) is 6.08 Å². The highest BCUT2D eigenvalue weighted by Gasteiger charge is 2.16. The summed E-state index contributed by atoms with van der Waals surface area (Å²) in [5.41, 5.74) is 6.68. The lowest BCUT2D eigenvalue weighted by atomic mass is 10.1. The van der Waals surface area contributed by atoms with Crippen molar-refractivity contribution >= 4 is 16.1 Å². The summed E-state index contributed by atoms with van der Waals surface area (Å²) in [5.74, 6) is -2.17. The van der Waals surface area contributed by atoms with Crippen LogP contribution >= 0.6 is 0 Å². The van der Waals surface area contributed by atoms with Gasteiger partial charge >= 0.3 is 0 Å². The van der Waals surface area contributed by atoms with E-state index in [4.69, 9.17) is 24.7 Å². The van der Waals surface area contributed by atoms with Gasteiger partial charge < -0.3 is 24.7 Å². The van der Waals surface area contributed by atoms with Crippen LogP contribution in [-0.4, -0.2) is 61.1 Å². The van der Waals surface area contributed by atoms with E-state index in [-0.39, 0.29) is 23.8 Å². The second-order valence-electron chi connectivity index (χ2n) is 7.75. The summed E-state index contributed by atoms with van der Waals surface area (Å²) in [6.45, 7) is 6.54. The Bertz CT molecular complexity index is 1060. The SMILES string of the molecule is CCC(C)=Cc1cc(F)c(Oc2ccc(S(=O)(=O)NCCOCCOCCOCCN)cc2)c(F)c1. The molecular formula is C25H34F2N2O6S. The zero-order valence-corrected chi connectivity index (χ0v) is 21.4. The van der Waals surface area contributed by atoms with Crippen LogP contribution in [0.4, 0.5) is 8.78 Å². The van der Waals surface area contributed by atoms with Crippen molar-refractivity contribution in [1.82, 2.24) is 4.72 Å². The number of nitrogens with two attached hydrogens (primary N) is 1. The maximum atomic E-state index is 14.4. The molecule has 3 N–H and O–H groups in total. The maximum absolute atomic E-state index is 14.4. The van der Waals surface area contributed by atoms with Gasteiger partial charge in [0.05, 0.1) is 44.5 Å². The fraction of sp³-hybridized carbons (Fsp3) is 0.440. The van der Waals surface area contributed by atoms with Gasteiger partial charge in [0.15, 0.2) is 17.4 Å². The highest BCUT2D eigenvalue weighted by atomic mass is 32.2. The lowest BCUT2D eigenvalue weighted by molar-refractivity contribution is 0.0171. The molecule has 0 saturated carbocycles. The van der Waals surface area contributed by atoms with E-state index in [9.17, 15) is 17.2 Å². The van der Waals surface area contributed by atoms with E-state index in [1.807, 2.05) is 13.8 Å². The first-order valence-electron chi connectivity index (χ1n) is 11.6. The molecule has 0 radical (unpaired) electrons. The summed E-state index contributed by atoms with van der Waals surface area (Å²) in [6, 6.07) is 7.60. The molecule has 200 valence electrons. The third-order valence-electron chi connectivity index (χ3n) is 4.89. The van der Waals surface area contributed by atoms with E-state index in [2.05, 4.69) is 4.72 Å². The first-order chi connectivity index (χ1) is 17.3. The molecule has 0 fully saturated rings. The number of halogens is 2. The third kappa shape index (κ3) is 10.3. The Hall–Kier alpha value is -2.41. The average Bonchev–Trinajstić information content (AvgIpc) is 2.85.